The van der Waals surface area contributed by atoms with Crippen molar-refractivity contribution in [3.05, 3.63) is 107 Å². The van der Waals surface area contributed by atoms with E-state index in [4.69, 9.17) is 0 Å². The van der Waals surface area contributed by atoms with E-state index >= 15 is 0 Å². The number of nitrogens with zero attached hydrogens (tertiary/aromatic N) is 11. The summed E-state index contributed by atoms with van der Waals surface area (Å²) in [6, 6.07) is 11.2. The van der Waals surface area contributed by atoms with E-state index in [9.17, 15) is 34.8 Å². The molecule has 3 saturated carbocycles. The first-order chi connectivity index (χ1) is 34.8. The minimum absolute atomic E-state index is 0.0446. The fraction of sp³-hybridized carbons (Fsp3) is 0.571. The fourth-order valence-electron chi connectivity index (χ4n) is 8.38. The maximum absolute atomic E-state index is 13.2. The molecule has 25 heteroatoms. The second-order valence-corrected chi connectivity index (χ2v) is 20.9. The van der Waals surface area contributed by atoms with Gasteiger partial charge in [0.2, 0.25) is 17.8 Å². The summed E-state index contributed by atoms with van der Waals surface area (Å²) in [6.45, 7) is 12.2. The topological polar surface area (TPSA) is 221 Å². The van der Waals surface area contributed by atoms with Gasteiger partial charge in [0.15, 0.2) is 17.5 Å². The fourth-order valence-corrected chi connectivity index (χ4v) is 8.70. The Labute approximate surface area is 427 Å². The summed E-state index contributed by atoms with van der Waals surface area (Å²) in [5, 5.41) is 24.7. The lowest BCUT2D eigenvalue weighted by Crippen LogP contribution is -2.32. The number of aromatic amines is 1. The molecule has 9 rings (SSSR count). The molecular weight excluding hydrogens is 993 g/mol. The van der Waals surface area contributed by atoms with Gasteiger partial charge in [-0.05, 0) is 98.3 Å². The van der Waals surface area contributed by atoms with Crippen LogP contribution in [0.25, 0.3) is 0 Å². The van der Waals surface area contributed by atoms with Crippen LogP contribution in [0.5, 0.6) is 0 Å². The highest BCUT2D eigenvalue weighted by atomic mass is 32.2. The Kier molecular flexibility index (Phi) is 19.5. The normalized spacial score (nSPS) is 17.6. The number of halogens is 6. The summed E-state index contributed by atoms with van der Waals surface area (Å²) in [6.07, 6.45) is 8.36. The van der Waals surface area contributed by atoms with Crippen LogP contribution in [0.15, 0.2) is 55.0 Å². The quantitative estimate of drug-likeness (QED) is 0.0625. The van der Waals surface area contributed by atoms with Gasteiger partial charge in [-0.3, -0.25) is 18.6 Å². The summed E-state index contributed by atoms with van der Waals surface area (Å²) in [5.74, 6) is -4.14. The first-order valence-corrected chi connectivity index (χ1v) is 26.4. The average molecular weight is 1060 g/mol. The number of H-pyrrole nitrogens is 1. The summed E-state index contributed by atoms with van der Waals surface area (Å²) >= 11 is 0. The van der Waals surface area contributed by atoms with Crippen molar-refractivity contribution < 1.29 is 38.9 Å². The SMILES string of the molecule is Cc1cc(NC2CCC(F)(F)CC2)nc(COS(C)(=O)=O)n1.Cc1cc(NC2CCC(F)(F)CC2)nc(Cn2ccc(C)n2)n1.Cc1cc(NC2CCC(F)(F)CC2)nc(Cn2nccc2C)n1.Cc1ccn[nH]1. The third kappa shape index (κ3) is 19.9. The third-order valence-electron chi connectivity index (χ3n) is 12.2. The van der Waals surface area contributed by atoms with E-state index in [1.54, 1.807) is 30.1 Å². The Morgan fingerprint density at radius 3 is 1.38 bits per heavy atom. The van der Waals surface area contributed by atoms with Crippen molar-refractivity contribution in [2.24, 2.45) is 0 Å². The molecule has 0 atom stereocenters. The van der Waals surface area contributed by atoms with Crippen LogP contribution in [0.2, 0.25) is 0 Å². The highest BCUT2D eigenvalue weighted by Crippen LogP contribution is 2.36. The molecule has 404 valence electrons. The van der Waals surface area contributed by atoms with Gasteiger partial charge in [-0.15, -0.1) is 0 Å². The molecule has 0 amide bonds. The van der Waals surface area contributed by atoms with E-state index in [1.807, 2.05) is 75.8 Å². The van der Waals surface area contributed by atoms with E-state index in [2.05, 4.69) is 70.4 Å². The van der Waals surface area contributed by atoms with Crippen LogP contribution in [-0.4, -0.2) is 110 Å². The molecule has 0 aliphatic heterocycles. The lowest BCUT2D eigenvalue weighted by atomic mass is 9.92. The Morgan fingerprint density at radius 1 is 0.595 bits per heavy atom. The number of aryl methyl sites for hydroxylation is 6. The van der Waals surface area contributed by atoms with E-state index in [1.165, 1.54) is 0 Å². The zero-order valence-corrected chi connectivity index (χ0v) is 43.7. The number of rotatable bonds is 13. The molecule has 0 spiro atoms. The number of nitrogens with one attached hydrogen (secondary N) is 4. The van der Waals surface area contributed by atoms with E-state index in [0.29, 0.717) is 86.4 Å². The Bertz CT molecular complexity index is 2800. The molecule has 6 aromatic rings. The number of alkyl halides is 6. The molecule has 0 unspecified atom stereocenters. The van der Waals surface area contributed by atoms with E-state index in [0.717, 1.165) is 34.7 Å². The van der Waals surface area contributed by atoms with Crippen molar-refractivity contribution in [1.29, 1.82) is 0 Å². The lowest BCUT2D eigenvalue weighted by Gasteiger charge is -2.29. The summed E-state index contributed by atoms with van der Waals surface area (Å²) < 4.78 is 109. The number of hydrogen-bond donors (Lipinski definition) is 4. The van der Waals surface area contributed by atoms with E-state index in [-0.39, 0.29) is 69.1 Å². The van der Waals surface area contributed by atoms with Crippen LogP contribution in [-0.2, 0) is 34.0 Å². The van der Waals surface area contributed by atoms with Crippen LogP contribution < -0.4 is 16.0 Å². The predicted molar refractivity (Wildman–Crippen MR) is 268 cm³/mol. The zero-order valence-electron chi connectivity index (χ0n) is 42.9. The van der Waals surface area contributed by atoms with Gasteiger partial charge in [-0.2, -0.15) is 23.7 Å². The van der Waals surface area contributed by atoms with Crippen LogP contribution in [0.4, 0.5) is 43.8 Å². The van der Waals surface area contributed by atoms with Gasteiger partial charge in [0, 0.05) is 122 Å². The minimum Gasteiger partial charge on any atom is -0.367 e. The van der Waals surface area contributed by atoms with E-state index < -0.39 is 27.9 Å². The van der Waals surface area contributed by atoms with Crippen molar-refractivity contribution in [1.82, 2.24) is 59.7 Å². The van der Waals surface area contributed by atoms with Crippen molar-refractivity contribution in [3.8, 4) is 0 Å². The van der Waals surface area contributed by atoms with Gasteiger partial charge >= 0.3 is 0 Å². The number of aromatic nitrogens is 12. The predicted octanol–water partition coefficient (Wildman–Crippen LogP) is 9.63. The molecule has 4 N–H and O–H groups in total. The molecule has 0 saturated heterocycles. The highest BCUT2D eigenvalue weighted by Gasteiger charge is 2.37. The number of anilines is 3. The Hall–Kier alpha value is -6.24. The largest absolute Gasteiger partial charge is 0.367 e. The molecule has 0 radical (unpaired) electrons. The molecule has 74 heavy (non-hydrogen) atoms. The summed E-state index contributed by atoms with van der Waals surface area (Å²) in [5.41, 5.74) is 5.44. The third-order valence-corrected chi connectivity index (χ3v) is 12.8. The molecule has 3 fully saturated rings. The van der Waals surface area contributed by atoms with Gasteiger partial charge < -0.3 is 16.0 Å². The van der Waals surface area contributed by atoms with Gasteiger partial charge in [0.05, 0.1) is 11.9 Å². The Balaban J connectivity index is 0.000000171. The molecule has 6 aromatic heterocycles. The first-order valence-electron chi connectivity index (χ1n) is 24.6. The second-order valence-electron chi connectivity index (χ2n) is 19.2. The molecule has 0 bridgehead atoms. The lowest BCUT2D eigenvalue weighted by molar-refractivity contribution is -0.0366. The van der Waals surface area contributed by atoms with Crippen molar-refractivity contribution in [3.63, 3.8) is 0 Å². The van der Waals surface area contributed by atoms with Crippen LogP contribution in [0.3, 0.4) is 0 Å². The molecule has 6 heterocycles. The van der Waals surface area contributed by atoms with Gasteiger partial charge in [0.25, 0.3) is 10.1 Å². The summed E-state index contributed by atoms with van der Waals surface area (Å²) in [4.78, 5) is 26.1. The van der Waals surface area contributed by atoms with Gasteiger partial charge in [-0.25, -0.2) is 56.2 Å². The van der Waals surface area contributed by atoms with Gasteiger partial charge in [-0.1, -0.05) is 0 Å². The zero-order chi connectivity index (χ0) is 53.7. The van der Waals surface area contributed by atoms with Crippen molar-refractivity contribution in [2.75, 3.05) is 22.2 Å². The standard InChI is InChI=1S/2C16H21F2N5.C13H19F2N3O3S.C4H6N2/c1-11-9-14(21-13-3-6-16(17,18)7-4-13)22-15(20-11)10-23-12(2)5-8-19-23;1-11-5-8-23(22-11)10-15-19-12(2)9-14(21-15)20-13-3-6-16(17,18)7-4-13;1-9-7-11(17-10-3-5-13(14,15)6-4-10)18-12(16-9)8-21-22(2,19)20;1-4-2-3-5-6-4/h5,8-9,13H,3-4,6-7,10H2,1-2H3,(H,20,21,22);5,8-9,13H,3-4,6-7,10H2,1-2H3,(H,19,20,21);7,10H,3-6,8H2,1-2H3,(H,16,17,18);2-3H,1H3,(H,5,6). The second kappa shape index (κ2) is 25.3. The highest BCUT2D eigenvalue weighted by molar-refractivity contribution is 7.85. The maximum atomic E-state index is 13.2. The summed E-state index contributed by atoms with van der Waals surface area (Å²) in [7, 11) is -3.57. The molecule has 3 aliphatic carbocycles. The average Bonchev–Trinajstić information content (AvgIpc) is 4.07. The van der Waals surface area contributed by atoms with Gasteiger partial charge in [0.1, 0.15) is 37.1 Å². The number of hydrogen-bond acceptors (Lipinski definition) is 15. The molecule has 18 nitrogen and oxygen atoms in total. The molecule has 3 aliphatic rings. The van der Waals surface area contributed by atoms with Crippen LogP contribution >= 0.6 is 0 Å². The monoisotopic (exact) mass is 1060 g/mol. The van der Waals surface area contributed by atoms with Crippen molar-refractivity contribution in [2.45, 2.75) is 174 Å². The van der Waals surface area contributed by atoms with Crippen LogP contribution in [0.1, 0.15) is 129 Å². The Morgan fingerprint density at radius 2 is 1.03 bits per heavy atom. The molecule has 0 aromatic carbocycles. The first kappa shape index (κ1) is 57.0. The van der Waals surface area contributed by atoms with Crippen LogP contribution in [0, 0.1) is 41.5 Å². The minimum atomic E-state index is -3.57. The maximum Gasteiger partial charge on any atom is 0.264 e. The smallest absolute Gasteiger partial charge is 0.264 e. The molecular formula is C49H67F6N15O3S. The van der Waals surface area contributed by atoms with Crippen molar-refractivity contribution >= 4 is 27.6 Å².